The second kappa shape index (κ2) is 7.65. The molecule has 0 bridgehead atoms. The molecule has 0 saturated heterocycles. The Morgan fingerprint density at radius 3 is 2.27 bits per heavy atom. The quantitative estimate of drug-likeness (QED) is 0.456. The van der Waals surface area contributed by atoms with Gasteiger partial charge in [-0.2, -0.15) is 5.10 Å². The molecule has 0 aliphatic rings. The van der Waals surface area contributed by atoms with E-state index in [1.165, 1.54) is 18.3 Å². The Bertz CT molecular complexity index is 695. The third kappa shape index (κ3) is 4.74. The summed E-state index contributed by atoms with van der Waals surface area (Å²) in [6.07, 6.45) is 1.34. The van der Waals surface area contributed by atoms with Crippen molar-refractivity contribution in [3.05, 3.63) is 56.2 Å². The highest BCUT2D eigenvalue weighted by molar-refractivity contribution is 6.38. The van der Waals surface area contributed by atoms with Gasteiger partial charge in [-0.15, -0.1) is 0 Å². The molecule has 1 heterocycles. The van der Waals surface area contributed by atoms with E-state index in [9.17, 15) is 4.79 Å². The zero-order valence-corrected chi connectivity index (χ0v) is 13.8. The zero-order chi connectivity index (χ0) is 16.1. The van der Waals surface area contributed by atoms with Gasteiger partial charge in [-0.05, 0) is 24.3 Å². The molecular weight excluding hydrogens is 370 g/mol. The van der Waals surface area contributed by atoms with E-state index in [-0.39, 0.29) is 10.3 Å². The Morgan fingerprint density at radius 2 is 1.68 bits per heavy atom. The molecule has 9 heteroatoms. The van der Waals surface area contributed by atoms with Gasteiger partial charge in [0.1, 0.15) is 10.3 Å². The number of anilines is 1. The number of carbonyl (C=O) groups excluding carboxylic acids is 1. The van der Waals surface area contributed by atoms with E-state index in [4.69, 9.17) is 46.4 Å². The summed E-state index contributed by atoms with van der Waals surface area (Å²) in [4.78, 5) is 15.4. The number of hydrogen-bond acceptors (Lipinski definition) is 3. The molecule has 114 valence electrons. The molecule has 0 fully saturated rings. The zero-order valence-electron chi connectivity index (χ0n) is 10.8. The maximum Gasteiger partial charge on any atom is 0.339 e. The van der Waals surface area contributed by atoms with Crippen LogP contribution in [0.1, 0.15) is 5.56 Å². The molecular formula is C13H8Cl4N4O. The number of nitrogens with zero attached hydrogens (tertiary/aromatic N) is 2. The first-order chi connectivity index (χ1) is 10.5. The number of benzene rings is 1. The van der Waals surface area contributed by atoms with Crippen LogP contribution in [0.3, 0.4) is 0 Å². The van der Waals surface area contributed by atoms with Gasteiger partial charge in [-0.1, -0.05) is 52.5 Å². The molecule has 0 aliphatic heterocycles. The molecule has 1 aromatic carbocycles. The number of amides is 2. The summed E-state index contributed by atoms with van der Waals surface area (Å²) in [5.41, 5.74) is 3.15. The van der Waals surface area contributed by atoms with Crippen molar-refractivity contribution in [1.82, 2.24) is 10.4 Å². The molecule has 2 aromatic rings. The van der Waals surface area contributed by atoms with Crippen LogP contribution in [0.25, 0.3) is 0 Å². The Kier molecular flexibility index (Phi) is 5.85. The Hall–Kier alpha value is -1.53. The second-order valence-electron chi connectivity index (χ2n) is 3.96. The summed E-state index contributed by atoms with van der Waals surface area (Å²) in [5.74, 6) is 0. The van der Waals surface area contributed by atoms with E-state index < -0.39 is 6.03 Å². The van der Waals surface area contributed by atoms with Crippen LogP contribution >= 0.6 is 46.4 Å². The molecule has 0 aliphatic carbocycles. The standard InChI is InChI=1S/C13H8Cl4N4O/c14-9-2-1-3-10(15)8(9)6-18-21-13(22)19-7-4-11(16)20-12(17)5-7/h1-6H,(H2,19,20,21,22)/b18-6-. The number of nitrogens with one attached hydrogen (secondary N) is 2. The fourth-order valence-electron chi connectivity index (χ4n) is 1.49. The summed E-state index contributed by atoms with van der Waals surface area (Å²) in [5, 5.41) is 7.43. The summed E-state index contributed by atoms with van der Waals surface area (Å²) in [6, 6.07) is 7.34. The molecule has 2 N–H and O–H groups in total. The summed E-state index contributed by atoms with van der Waals surface area (Å²) >= 11 is 23.4. The number of hydrazone groups is 1. The van der Waals surface area contributed by atoms with E-state index >= 15 is 0 Å². The van der Waals surface area contributed by atoms with Gasteiger partial charge in [0.15, 0.2) is 0 Å². The van der Waals surface area contributed by atoms with Crippen molar-refractivity contribution < 1.29 is 4.79 Å². The average molecular weight is 378 g/mol. The van der Waals surface area contributed by atoms with Crippen molar-refractivity contribution in [2.75, 3.05) is 5.32 Å². The minimum atomic E-state index is -0.585. The van der Waals surface area contributed by atoms with Gasteiger partial charge in [-0.25, -0.2) is 15.2 Å². The minimum Gasteiger partial charge on any atom is -0.306 e. The predicted octanol–water partition coefficient (Wildman–Crippen LogP) is 4.85. The smallest absolute Gasteiger partial charge is 0.306 e. The van der Waals surface area contributed by atoms with Crippen molar-refractivity contribution in [3.8, 4) is 0 Å². The molecule has 1 aromatic heterocycles. The van der Waals surface area contributed by atoms with Crippen LogP contribution in [-0.4, -0.2) is 17.2 Å². The van der Waals surface area contributed by atoms with Gasteiger partial charge in [-0.3, -0.25) is 0 Å². The number of rotatable bonds is 3. The molecule has 2 rings (SSSR count). The largest absolute Gasteiger partial charge is 0.339 e. The first-order valence-corrected chi connectivity index (χ1v) is 7.34. The number of halogens is 4. The topological polar surface area (TPSA) is 66.4 Å². The third-order valence-corrected chi connectivity index (χ3v) is 3.43. The van der Waals surface area contributed by atoms with E-state index in [1.807, 2.05) is 0 Å². The summed E-state index contributed by atoms with van der Waals surface area (Å²) in [7, 11) is 0. The molecule has 22 heavy (non-hydrogen) atoms. The number of aromatic nitrogens is 1. The Labute approximate surface area is 146 Å². The predicted molar refractivity (Wildman–Crippen MR) is 90.5 cm³/mol. The Morgan fingerprint density at radius 1 is 1.09 bits per heavy atom. The van der Waals surface area contributed by atoms with Crippen LogP contribution in [0.4, 0.5) is 10.5 Å². The summed E-state index contributed by atoms with van der Waals surface area (Å²) in [6.45, 7) is 0. The molecule has 0 radical (unpaired) electrons. The lowest BCUT2D eigenvalue weighted by Crippen LogP contribution is -2.24. The number of urea groups is 1. The molecule has 5 nitrogen and oxygen atoms in total. The first-order valence-electron chi connectivity index (χ1n) is 5.83. The highest BCUT2D eigenvalue weighted by atomic mass is 35.5. The molecule has 0 atom stereocenters. The van der Waals surface area contributed by atoms with E-state index in [0.717, 1.165) is 0 Å². The van der Waals surface area contributed by atoms with Gasteiger partial charge in [0.2, 0.25) is 0 Å². The molecule has 0 saturated carbocycles. The molecule has 0 unspecified atom stereocenters. The van der Waals surface area contributed by atoms with Gasteiger partial charge in [0.25, 0.3) is 0 Å². The van der Waals surface area contributed by atoms with E-state index in [1.54, 1.807) is 18.2 Å². The van der Waals surface area contributed by atoms with Gasteiger partial charge < -0.3 is 5.32 Å². The number of hydrogen-bond donors (Lipinski definition) is 2. The van der Waals surface area contributed by atoms with Crippen molar-refractivity contribution in [1.29, 1.82) is 0 Å². The van der Waals surface area contributed by atoms with E-state index in [2.05, 4.69) is 20.8 Å². The van der Waals surface area contributed by atoms with Gasteiger partial charge >= 0.3 is 6.03 Å². The first kappa shape index (κ1) is 16.8. The van der Waals surface area contributed by atoms with Crippen molar-refractivity contribution in [3.63, 3.8) is 0 Å². The maximum absolute atomic E-state index is 11.7. The molecule has 0 spiro atoms. The van der Waals surface area contributed by atoms with Crippen LogP contribution in [0.5, 0.6) is 0 Å². The van der Waals surface area contributed by atoms with Crippen LogP contribution in [-0.2, 0) is 0 Å². The molecule has 2 amide bonds. The van der Waals surface area contributed by atoms with Crippen molar-refractivity contribution in [2.24, 2.45) is 5.10 Å². The third-order valence-electron chi connectivity index (χ3n) is 2.38. The monoisotopic (exact) mass is 376 g/mol. The Balaban J connectivity index is 1.99. The van der Waals surface area contributed by atoms with Crippen LogP contribution < -0.4 is 10.7 Å². The SMILES string of the molecule is O=C(N/N=C\c1c(Cl)cccc1Cl)Nc1cc(Cl)nc(Cl)c1. The lowest BCUT2D eigenvalue weighted by Gasteiger charge is -2.05. The lowest BCUT2D eigenvalue weighted by atomic mass is 10.2. The van der Waals surface area contributed by atoms with Gasteiger partial charge in [0.05, 0.1) is 16.3 Å². The van der Waals surface area contributed by atoms with E-state index in [0.29, 0.717) is 21.3 Å². The van der Waals surface area contributed by atoms with Crippen LogP contribution in [0.2, 0.25) is 20.4 Å². The average Bonchev–Trinajstić information content (AvgIpc) is 2.41. The fourth-order valence-corrected chi connectivity index (χ4v) is 2.44. The van der Waals surface area contributed by atoms with Gasteiger partial charge in [0, 0.05) is 11.3 Å². The van der Waals surface area contributed by atoms with Crippen molar-refractivity contribution >= 4 is 64.3 Å². The lowest BCUT2D eigenvalue weighted by molar-refractivity contribution is 0.252. The number of carbonyl (C=O) groups is 1. The fraction of sp³-hybridized carbons (Fsp3) is 0. The highest BCUT2D eigenvalue weighted by Crippen LogP contribution is 2.22. The van der Waals surface area contributed by atoms with Crippen molar-refractivity contribution in [2.45, 2.75) is 0 Å². The normalized spacial score (nSPS) is 10.7. The minimum absolute atomic E-state index is 0.161. The van der Waals surface area contributed by atoms with Crippen LogP contribution in [0, 0.1) is 0 Å². The highest BCUT2D eigenvalue weighted by Gasteiger charge is 2.05. The summed E-state index contributed by atoms with van der Waals surface area (Å²) < 4.78 is 0. The second-order valence-corrected chi connectivity index (χ2v) is 5.55. The maximum atomic E-state index is 11.7. The number of pyridine rings is 1. The van der Waals surface area contributed by atoms with Crippen LogP contribution in [0.15, 0.2) is 35.4 Å².